The minimum absolute atomic E-state index is 0.0835. The fourth-order valence-electron chi connectivity index (χ4n) is 2.10. The maximum Gasteiger partial charge on any atom is 0.0449 e. The van der Waals surface area contributed by atoms with Crippen LogP contribution in [0.15, 0.2) is 48.7 Å². The number of nitrogens with zero attached hydrogens (tertiary/aromatic N) is 1. The van der Waals surface area contributed by atoms with Gasteiger partial charge in [-0.2, -0.15) is 0 Å². The Morgan fingerprint density at radius 2 is 2.00 bits per heavy atom. The van der Waals surface area contributed by atoms with Gasteiger partial charge in [-0.1, -0.05) is 30.3 Å². The molecule has 2 aromatic rings. The highest BCUT2D eigenvalue weighted by atomic mass is 16.3. The monoisotopic (exact) mass is 256 g/mol. The molecule has 0 aliphatic rings. The topological polar surface area (TPSA) is 59.1 Å². The first-order chi connectivity index (χ1) is 9.29. The quantitative estimate of drug-likeness (QED) is 0.833. The number of aromatic nitrogens is 1. The van der Waals surface area contributed by atoms with Gasteiger partial charge in [0.2, 0.25) is 0 Å². The van der Waals surface area contributed by atoms with Gasteiger partial charge in [-0.05, 0) is 42.5 Å². The van der Waals surface area contributed by atoms with Gasteiger partial charge in [0, 0.05) is 24.5 Å². The van der Waals surface area contributed by atoms with Gasteiger partial charge in [0.15, 0.2) is 0 Å². The van der Waals surface area contributed by atoms with Gasteiger partial charge in [-0.25, -0.2) is 0 Å². The molecule has 100 valence electrons. The molecule has 0 bridgehead atoms. The lowest BCUT2D eigenvalue weighted by Gasteiger charge is -2.11. The fraction of sp³-hybridized carbons (Fsp3) is 0.312. The number of rotatable bonds is 6. The number of benzene rings is 1. The summed E-state index contributed by atoms with van der Waals surface area (Å²) >= 11 is 0. The molecule has 0 aliphatic heterocycles. The van der Waals surface area contributed by atoms with E-state index in [1.54, 1.807) is 0 Å². The Morgan fingerprint density at radius 1 is 1.11 bits per heavy atom. The van der Waals surface area contributed by atoms with E-state index in [2.05, 4.69) is 17.1 Å². The van der Waals surface area contributed by atoms with E-state index in [0.29, 0.717) is 6.42 Å². The molecule has 0 radical (unpaired) electrons. The van der Waals surface area contributed by atoms with Crippen LogP contribution in [0.1, 0.15) is 29.3 Å². The highest BCUT2D eigenvalue weighted by Gasteiger charge is 2.06. The van der Waals surface area contributed by atoms with Gasteiger partial charge in [-0.15, -0.1) is 0 Å². The molecule has 19 heavy (non-hydrogen) atoms. The van der Waals surface area contributed by atoms with Crippen molar-refractivity contribution in [3.8, 4) is 0 Å². The predicted molar refractivity (Wildman–Crippen MR) is 76.7 cm³/mol. The maximum atomic E-state index is 8.93. The molecule has 1 aromatic heterocycles. The molecule has 1 aromatic carbocycles. The number of pyridine rings is 1. The third-order valence-electron chi connectivity index (χ3n) is 3.22. The fourth-order valence-corrected chi connectivity index (χ4v) is 2.10. The Bertz CT molecular complexity index is 499. The van der Waals surface area contributed by atoms with Crippen molar-refractivity contribution in [1.82, 2.24) is 4.98 Å². The summed E-state index contributed by atoms with van der Waals surface area (Å²) < 4.78 is 0. The zero-order chi connectivity index (χ0) is 13.5. The molecular formula is C16H20N2O. The molecule has 0 spiro atoms. The lowest BCUT2D eigenvalue weighted by molar-refractivity contribution is 0.276. The summed E-state index contributed by atoms with van der Waals surface area (Å²) in [5.41, 5.74) is 9.46. The van der Waals surface area contributed by atoms with Gasteiger partial charge in [0.1, 0.15) is 0 Å². The van der Waals surface area contributed by atoms with Crippen LogP contribution in [0.25, 0.3) is 0 Å². The molecule has 0 aliphatic carbocycles. The SMILES string of the molecule is NC(CCO)c1cccc(CCc2ccccn2)c1. The molecule has 2 rings (SSSR count). The third kappa shape index (κ3) is 4.16. The van der Waals surface area contributed by atoms with E-state index >= 15 is 0 Å². The second kappa shape index (κ2) is 7.02. The molecule has 0 saturated carbocycles. The number of hydrogen-bond acceptors (Lipinski definition) is 3. The van der Waals surface area contributed by atoms with Crippen LogP contribution in [0.2, 0.25) is 0 Å². The molecule has 0 amide bonds. The lowest BCUT2D eigenvalue weighted by Crippen LogP contribution is -2.12. The molecule has 3 heteroatoms. The lowest BCUT2D eigenvalue weighted by atomic mass is 10.00. The Balaban J connectivity index is 1.99. The number of aryl methyl sites for hydroxylation is 2. The summed E-state index contributed by atoms with van der Waals surface area (Å²) in [6, 6.07) is 14.2. The zero-order valence-corrected chi connectivity index (χ0v) is 11.0. The minimum Gasteiger partial charge on any atom is -0.396 e. The van der Waals surface area contributed by atoms with Crippen molar-refractivity contribution >= 4 is 0 Å². The van der Waals surface area contributed by atoms with Crippen LogP contribution in [0.5, 0.6) is 0 Å². The van der Waals surface area contributed by atoms with Gasteiger partial charge in [0.25, 0.3) is 0 Å². The molecule has 0 saturated heterocycles. The summed E-state index contributed by atoms with van der Waals surface area (Å²) in [4.78, 5) is 4.32. The Morgan fingerprint density at radius 3 is 2.74 bits per heavy atom. The number of aliphatic hydroxyl groups excluding tert-OH is 1. The average molecular weight is 256 g/mol. The smallest absolute Gasteiger partial charge is 0.0449 e. The van der Waals surface area contributed by atoms with Crippen molar-refractivity contribution in [3.63, 3.8) is 0 Å². The van der Waals surface area contributed by atoms with Crippen molar-refractivity contribution in [2.24, 2.45) is 5.73 Å². The number of aliphatic hydroxyl groups is 1. The molecule has 1 atom stereocenters. The van der Waals surface area contributed by atoms with Crippen LogP contribution >= 0.6 is 0 Å². The average Bonchev–Trinajstić information content (AvgIpc) is 2.47. The van der Waals surface area contributed by atoms with Crippen LogP contribution in [0, 0.1) is 0 Å². The van der Waals surface area contributed by atoms with Crippen molar-refractivity contribution in [1.29, 1.82) is 0 Å². The van der Waals surface area contributed by atoms with Gasteiger partial charge in [0.05, 0.1) is 0 Å². The summed E-state index contributed by atoms with van der Waals surface area (Å²) in [5.74, 6) is 0. The van der Waals surface area contributed by atoms with Crippen molar-refractivity contribution < 1.29 is 5.11 Å². The van der Waals surface area contributed by atoms with E-state index in [4.69, 9.17) is 10.8 Å². The first-order valence-electron chi connectivity index (χ1n) is 6.65. The number of hydrogen-bond donors (Lipinski definition) is 2. The molecule has 1 heterocycles. The van der Waals surface area contributed by atoms with Crippen LogP contribution in [0.3, 0.4) is 0 Å². The van der Waals surface area contributed by atoms with E-state index in [0.717, 1.165) is 24.1 Å². The van der Waals surface area contributed by atoms with E-state index in [1.807, 2.05) is 36.5 Å². The Kier molecular flexibility index (Phi) is 5.07. The van der Waals surface area contributed by atoms with E-state index in [9.17, 15) is 0 Å². The first kappa shape index (κ1) is 13.7. The van der Waals surface area contributed by atoms with Crippen molar-refractivity contribution in [3.05, 3.63) is 65.5 Å². The minimum atomic E-state index is -0.0835. The van der Waals surface area contributed by atoms with Crippen molar-refractivity contribution in [2.75, 3.05) is 6.61 Å². The molecular weight excluding hydrogens is 236 g/mol. The normalized spacial score (nSPS) is 12.3. The Labute approximate surface area is 114 Å². The zero-order valence-electron chi connectivity index (χ0n) is 11.0. The second-order valence-electron chi connectivity index (χ2n) is 4.68. The standard InChI is InChI=1S/C16H20N2O/c17-16(9-11-19)14-5-3-4-13(12-14)7-8-15-6-1-2-10-18-15/h1-6,10,12,16,19H,7-9,11,17H2. The Hall–Kier alpha value is -1.71. The molecule has 3 nitrogen and oxygen atoms in total. The summed E-state index contributed by atoms with van der Waals surface area (Å²) in [7, 11) is 0. The van der Waals surface area contributed by atoms with E-state index < -0.39 is 0 Å². The predicted octanol–water partition coefficient (Wildman–Crippen LogP) is 2.25. The van der Waals surface area contributed by atoms with Gasteiger partial charge < -0.3 is 10.8 Å². The van der Waals surface area contributed by atoms with Crippen LogP contribution in [-0.2, 0) is 12.8 Å². The largest absolute Gasteiger partial charge is 0.396 e. The number of nitrogens with two attached hydrogens (primary N) is 1. The second-order valence-corrected chi connectivity index (χ2v) is 4.68. The van der Waals surface area contributed by atoms with Crippen LogP contribution in [-0.4, -0.2) is 16.7 Å². The van der Waals surface area contributed by atoms with Gasteiger partial charge in [-0.3, -0.25) is 4.98 Å². The van der Waals surface area contributed by atoms with Crippen LogP contribution < -0.4 is 5.73 Å². The maximum absolute atomic E-state index is 8.93. The molecule has 0 fully saturated rings. The summed E-state index contributed by atoms with van der Waals surface area (Å²) in [6.45, 7) is 0.124. The van der Waals surface area contributed by atoms with E-state index in [1.165, 1.54) is 5.56 Å². The molecule has 1 unspecified atom stereocenters. The molecule has 3 N–H and O–H groups in total. The third-order valence-corrected chi connectivity index (χ3v) is 3.22. The highest BCUT2D eigenvalue weighted by molar-refractivity contribution is 5.26. The summed E-state index contributed by atoms with van der Waals surface area (Å²) in [6.07, 6.45) is 4.31. The van der Waals surface area contributed by atoms with Crippen molar-refractivity contribution in [2.45, 2.75) is 25.3 Å². The first-order valence-corrected chi connectivity index (χ1v) is 6.65. The van der Waals surface area contributed by atoms with E-state index in [-0.39, 0.29) is 12.6 Å². The van der Waals surface area contributed by atoms with Crippen LogP contribution in [0.4, 0.5) is 0 Å². The summed E-state index contributed by atoms with van der Waals surface area (Å²) in [5, 5.41) is 8.93. The van der Waals surface area contributed by atoms with Gasteiger partial charge >= 0.3 is 0 Å². The highest BCUT2D eigenvalue weighted by Crippen LogP contribution is 2.16.